The van der Waals surface area contributed by atoms with Crippen molar-refractivity contribution < 1.29 is 19.4 Å². The maximum atomic E-state index is 11.9. The van der Waals surface area contributed by atoms with E-state index >= 15 is 0 Å². The number of carbonyl (C=O) groups is 2. The molecule has 2 aliphatic heterocycles. The van der Waals surface area contributed by atoms with Gasteiger partial charge in [-0.25, -0.2) is 4.79 Å². The van der Waals surface area contributed by atoms with Gasteiger partial charge in [0, 0.05) is 19.7 Å². The molecule has 2 saturated heterocycles. The number of urea groups is 1. The van der Waals surface area contributed by atoms with E-state index in [0.29, 0.717) is 32.7 Å². The molecule has 17 heavy (non-hydrogen) atoms. The second kappa shape index (κ2) is 5.35. The molecule has 2 rings (SSSR count). The van der Waals surface area contributed by atoms with Gasteiger partial charge in [0.1, 0.15) is 0 Å². The molecule has 2 aliphatic rings. The highest BCUT2D eigenvalue weighted by molar-refractivity contribution is 5.76. The number of carbonyl (C=O) groups excluding carboxylic acids is 1. The molecule has 0 aliphatic carbocycles. The number of aliphatic carboxylic acids is 1. The topological polar surface area (TPSA) is 78.9 Å². The third kappa shape index (κ3) is 3.09. The normalized spacial score (nSPS) is 29.1. The number of amides is 2. The quantitative estimate of drug-likeness (QED) is 0.729. The highest BCUT2D eigenvalue weighted by atomic mass is 16.5. The molecule has 2 fully saturated rings. The van der Waals surface area contributed by atoms with E-state index in [1.807, 2.05) is 0 Å². The Bertz CT molecular complexity index is 302. The van der Waals surface area contributed by atoms with E-state index in [4.69, 9.17) is 9.84 Å². The lowest BCUT2D eigenvalue weighted by Crippen LogP contribution is -2.49. The van der Waals surface area contributed by atoms with Crippen LogP contribution in [0.2, 0.25) is 0 Å². The molecular weight excluding hydrogens is 224 g/mol. The van der Waals surface area contributed by atoms with Crippen molar-refractivity contribution in [2.45, 2.75) is 25.3 Å². The van der Waals surface area contributed by atoms with Crippen LogP contribution in [0, 0.1) is 5.92 Å². The maximum absolute atomic E-state index is 11.9. The highest BCUT2D eigenvalue weighted by Crippen LogP contribution is 2.17. The Morgan fingerprint density at radius 1 is 1.35 bits per heavy atom. The van der Waals surface area contributed by atoms with Gasteiger partial charge in [0.15, 0.2) is 0 Å². The second-order valence-electron chi connectivity index (χ2n) is 4.63. The van der Waals surface area contributed by atoms with Crippen LogP contribution in [-0.2, 0) is 9.53 Å². The molecule has 0 aromatic rings. The molecule has 6 heteroatoms. The van der Waals surface area contributed by atoms with Crippen molar-refractivity contribution in [2.75, 3.05) is 26.3 Å². The largest absolute Gasteiger partial charge is 0.481 e. The molecule has 2 heterocycles. The van der Waals surface area contributed by atoms with E-state index in [1.165, 1.54) is 0 Å². The number of hydrogen-bond donors (Lipinski definition) is 2. The fourth-order valence-corrected chi connectivity index (χ4v) is 2.28. The lowest BCUT2D eigenvalue weighted by Gasteiger charge is -2.31. The van der Waals surface area contributed by atoms with Crippen LogP contribution in [0.5, 0.6) is 0 Å². The number of nitrogens with one attached hydrogen (secondary N) is 1. The van der Waals surface area contributed by atoms with Gasteiger partial charge in [0.25, 0.3) is 0 Å². The Kier molecular flexibility index (Phi) is 3.83. The summed E-state index contributed by atoms with van der Waals surface area (Å²) >= 11 is 0. The van der Waals surface area contributed by atoms with Crippen LogP contribution in [0.4, 0.5) is 4.79 Å². The van der Waals surface area contributed by atoms with Crippen molar-refractivity contribution >= 4 is 12.0 Å². The Labute approximate surface area is 99.9 Å². The molecule has 0 saturated carbocycles. The lowest BCUT2D eigenvalue weighted by atomic mass is 9.99. The van der Waals surface area contributed by atoms with E-state index in [1.54, 1.807) is 4.90 Å². The summed E-state index contributed by atoms with van der Waals surface area (Å²) in [6.07, 6.45) is 2.25. The van der Waals surface area contributed by atoms with Gasteiger partial charge in [0.05, 0.1) is 18.6 Å². The minimum absolute atomic E-state index is 0.0766. The van der Waals surface area contributed by atoms with E-state index < -0.39 is 11.9 Å². The average Bonchev–Trinajstić information content (AvgIpc) is 2.82. The van der Waals surface area contributed by atoms with E-state index in [9.17, 15) is 9.59 Å². The standard InChI is InChI=1S/C11H18N2O4/c14-10(15)8-2-1-4-13(6-8)11(16)12-9-3-5-17-7-9/h8-9H,1-7H2,(H,12,16)(H,14,15)/t8-,9?/m1/s1. The van der Waals surface area contributed by atoms with Gasteiger partial charge in [-0.1, -0.05) is 0 Å². The second-order valence-corrected chi connectivity index (χ2v) is 4.63. The minimum Gasteiger partial charge on any atom is -0.481 e. The van der Waals surface area contributed by atoms with Gasteiger partial charge in [-0.15, -0.1) is 0 Å². The lowest BCUT2D eigenvalue weighted by molar-refractivity contribution is -0.143. The Morgan fingerprint density at radius 2 is 2.18 bits per heavy atom. The molecule has 0 bridgehead atoms. The van der Waals surface area contributed by atoms with Crippen molar-refractivity contribution in [1.29, 1.82) is 0 Å². The van der Waals surface area contributed by atoms with E-state index in [0.717, 1.165) is 12.8 Å². The van der Waals surface area contributed by atoms with Gasteiger partial charge in [0.2, 0.25) is 0 Å². The smallest absolute Gasteiger partial charge is 0.317 e. The number of likely N-dealkylation sites (tertiary alicyclic amines) is 1. The van der Waals surface area contributed by atoms with Gasteiger partial charge < -0.3 is 20.1 Å². The van der Waals surface area contributed by atoms with Crippen LogP contribution in [0.25, 0.3) is 0 Å². The molecule has 2 atom stereocenters. The summed E-state index contributed by atoms with van der Waals surface area (Å²) in [6, 6.07) is -0.0841. The molecule has 0 aromatic carbocycles. The summed E-state index contributed by atoms with van der Waals surface area (Å²) in [6.45, 7) is 2.20. The number of carboxylic acids is 1. The zero-order chi connectivity index (χ0) is 12.3. The first-order valence-electron chi connectivity index (χ1n) is 6.03. The number of carboxylic acid groups (broad SMARTS) is 1. The third-order valence-electron chi connectivity index (χ3n) is 3.32. The molecule has 1 unspecified atom stereocenters. The van der Waals surface area contributed by atoms with E-state index in [-0.39, 0.29) is 12.1 Å². The van der Waals surface area contributed by atoms with Crippen molar-refractivity contribution in [1.82, 2.24) is 10.2 Å². The Hall–Kier alpha value is -1.30. The first-order valence-corrected chi connectivity index (χ1v) is 6.03. The molecule has 0 spiro atoms. The molecule has 6 nitrogen and oxygen atoms in total. The van der Waals surface area contributed by atoms with Crippen molar-refractivity contribution in [3.05, 3.63) is 0 Å². The number of ether oxygens (including phenoxy) is 1. The number of piperidine rings is 1. The number of rotatable bonds is 2. The van der Waals surface area contributed by atoms with Gasteiger partial charge in [-0.2, -0.15) is 0 Å². The molecule has 2 N–H and O–H groups in total. The SMILES string of the molecule is O=C(O)[C@@H]1CCCN(C(=O)NC2CCOC2)C1. The predicted molar refractivity (Wildman–Crippen MR) is 59.7 cm³/mol. The van der Waals surface area contributed by atoms with Gasteiger partial charge >= 0.3 is 12.0 Å². The van der Waals surface area contributed by atoms with Crippen LogP contribution >= 0.6 is 0 Å². The Morgan fingerprint density at radius 3 is 2.82 bits per heavy atom. The van der Waals surface area contributed by atoms with E-state index in [2.05, 4.69) is 5.32 Å². The Balaban J connectivity index is 1.83. The molecule has 2 amide bonds. The van der Waals surface area contributed by atoms with Crippen molar-refractivity contribution in [3.63, 3.8) is 0 Å². The van der Waals surface area contributed by atoms with Crippen molar-refractivity contribution in [2.24, 2.45) is 5.92 Å². The van der Waals surface area contributed by atoms with Crippen molar-refractivity contribution in [3.8, 4) is 0 Å². The first kappa shape index (κ1) is 12.2. The van der Waals surface area contributed by atoms with Crippen LogP contribution in [-0.4, -0.2) is 54.4 Å². The minimum atomic E-state index is -0.813. The first-order chi connectivity index (χ1) is 8.16. The van der Waals surface area contributed by atoms with Crippen LogP contribution in [0.15, 0.2) is 0 Å². The molecular formula is C11H18N2O4. The van der Waals surface area contributed by atoms with Gasteiger partial charge in [-0.05, 0) is 19.3 Å². The zero-order valence-electron chi connectivity index (χ0n) is 9.72. The van der Waals surface area contributed by atoms with Gasteiger partial charge in [-0.3, -0.25) is 4.79 Å². The van der Waals surface area contributed by atoms with Crippen LogP contribution in [0.3, 0.4) is 0 Å². The average molecular weight is 242 g/mol. The predicted octanol–water partition coefficient (Wildman–Crippen LogP) is 0.281. The highest BCUT2D eigenvalue weighted by Gasteiger charge is 2.29. The zero-order valence-corrected chi connectivity index (χ0v) is 9.72. The summed E-state index contributed by atoms with van der Waals surface area (Å²) < 4.78 is 5.18. The summed E-state index contributed by atoms with van der Waals surface area (Å²) in [5, 5.41) is 11.8. The molecule has 96 valence electrons. The monoisotopic (exact) mass is 242 g/mol. The summed E-state index contributed by atoms with van der Waals surface area (Å²) in [5.41, 5.74) is 0. The summed E-state index contributed by atoms with van der Waals surface area (Å²) in [7, 11) is 0. The third-order valence-corrected chi connectivity index (χ3v) is 3.32. The fourth-order valence-electron chi connectivity index (χ4n) is 2.28. The van der Waals surface area contributed by atoms with Crippen LogP contribution < -0.4 is 5.32 Å². The summed E-state index contributed by atoms with van der Waals surface area (Å²) in [4.78, 5) is 24.4. The molecule has 0 radical (unpaired) electrons. The number of hydrogen-bond acceptors (Lipinski definition) is 3. The summed E-state index contributed by atoms with van der Waals surface area (Å²) in [5.74, 6) is -1.24. The van der Waals surface area contributed by atoms with Crippen LogP contribution in [0.1, 0.15) is 19.3 Å². The fraction of sp³-hybridized carbons (Fsp3) is 0.818. The maximum Gasteiger partial charge on any atom is 0.317 e. The molecule has 0 aromatic heterocycles. The number of nitrogens with zero attached hydrogens (tertiary/aromatic N) is 1.